The largest absolute Gasteiger partial charge is 0.477 e. The van der Waals surface area contributed by atoms with E-state index in [1.807, 2.05) is 0 Å². The third-order valence-corrected chi connectivity index (χ3v) is 5.53. The fourth-order valence-electron chi connectivity index (χ4n) is 2.55. The van der Waals surface area contributed by atoms with Crippen molar-refractivity contribution in [3.63, 3.8) is 0 Å². The molecule has 144 valence electrons. The number of fused-ring (bicyclic) bond motifs is 1. The lowest BCUT2D eigenvalue weighted by Gasteiger charge is -2.48. The molecule has 0 bridgehead atoms. The summed E-state index contributed by atoms with van der Waals surface area (Å²) in [6.07, 6.45) is -5.36. The fourth-order valence-corrected chi connectivity index (χ4v) is 4.55. The summed E-state index contributed by atoms with van der Waals surface area (Å²) < 4.78 is 66.0. The Morgan fingerprint density at radius 2 is 1.92 bits per heavy atom. The van der Waals surface area contributed by atoms with Crippen LogP contribution in [0.3, 0.4) is 0 Å². The lowest BCUT2D eigenvalue weighted by molar-refractivity contribution is -0.177. The molecule has 1 saturated heterocycles. The van der Waals surface area contributed by atoms with Gasteiger partial charge in [-0.25, -0.2) is 13.2 Å². The van der Waals surface area contributed by atoms with Gasteiger partial charge in [0, 0.05) is 12.5 Å². The highest BCUT2D eigenvalue weighted by Crippen LogP contribution is 2.37. The molecule has 0 unspecified atom stereocenters. The molecule has 2 amide bonds. The second kappa shape index (κ2) is 6.26. The number of esters is 1. The molecule has 0 aromatic heterocycles. The number of carbonyl (C=O) groups is 4. The van der Waals surface area contributed by atoms with Crippen molar-refractivity contribution in [2.24, 2.45) is 0 Å². The summed E-state index contributed by atoms with van der Waals surface area (Å²) in [6, 6.07) is -2.07. The van der Waals surface area contributed by atoms with E-state index < -0.39 is 74.8 Å². The Morgan fingerprint density at radius 1 is 1.35 bits per heavy atom. The van der Waals surface area contributed by atoms with Crippen LogP contribution in [0.15, 0.2) is 11.3 Å². The molecule has 2 N–H and O–H groups in total. The maximum absolute atomic E-state index is 12.3. The smallest absolute Gasteiger partial charge is 0.471 e. The van der Waals surface area contributed by atoms with Gasteiger partial charge in [-0.05, 0) is 0 Å². The van der Waals surface area contributed by atoms with Gasteiger partial charge in [-0.2, -0.15) is 13.2 Å². The number of ether oxygens (including phenoxy) is 1. The van der Waals surface area contributed by atoms with Gasteiger partial charge in [0.25, 0.3) is 5.91 Å². The average molecular weight is 400 g/mol. The van der Waals surface area contributed by atoms with Crippen LogP contribution in [0.2, 0.25) is 0 Å². The molecule has 0 aromatic carbocycles. The standard InChI is InChI=1S/C12H11F3N2O8S/c1-4(18)25-2-5-3-26(23,24)9-6(16-11(22)12(13,14)15)8(19)17(9)7(5)10(20)21/h6,9H,2-3H2,1H3,(H,16,22)(H,20,21)/t6-,9-/m1/s1. The Hall–Kier alpha value is -2.64. The predicted molar refractivity (Wildman–Crippen MR) is 73.7 cm³/mol. The van der Waals surface area contributed by atoms with E-state index in [0.717, 1.165) is 6.92 Å². The Balaban J connectivity index is 2.39. The Bertz CT molecular complexity index is 832. The molecular weight excluding hydrogens is 389 g/mol. The van der Waals surface area contributed by atoms with Crippen LogP contribution in [-0.2, 0) is 33.8 Å². The van der Waals surface area contributed by atoms with E-state index >= 15 is 0 Å². The number of rotatable bonds is 4. The van der Waals surface area contributed by atoms with Crippen LogP contribution in [0.4, 0.5) is 13.2 Å². The molecule has 2 rings (SSSR count). The van der Waals surface area contributed by atoms with Crippen LogP contribution in [0, 0.1) is 0 Å². The Labute approximate surface area is 143 Å². The minimum Gasteiger partial charge on any atom is -0.477 e. The topological polar surface area (TPSA) is 147 Å². The number of nitrogens with one attached hydrogen (secondary N) is 1. The summed E-state index contributed by atoms with van der Waals surface area (Å²) in [5.41, 5.74) is -1.23. The van der Waals surface area contributed by atoms with Gasteiger partial charge in [0.1, 0.15) is 18.3 Å². The van der Waals surface area contributed by atoms with Gasteiger partial charge in [0.15, 0.2) is 15.2 Å². The molecule has 0 spiro atoms. The number of sulfone groups is 1. The number of alkyl halides is 3. The molecule has 10 nitrogen and oxygen atoms in total. The highest BCUT2D eigenvalue weighted by Gasteiger charge is 2.61. The molecule has 1 fully saturated rings. The fraction of sp³-hybridized carbons (Fsp3) is 0.500. The summed E-state index contributed by atoms with van der Waals surface area (Å²) in [7, 11) is -4.35. The van der Waals surface area contributed by atoms with Gasteiger partial charge in [0.05, 0.1) is 5.75 Å². The Morgan fingerprint density at radius 3 is 2.38 bits per heavy atom. The molecule has 2 aliphatic heterocycles. The van der Waals surface area contributed by atoms with Crippen LogP contribution < -0.4 is 5.32 Å². The number of nitrogens with zero attached hydrogens (tertiary/aromatic N) is 1. The number of hydrogen-bond acceptors (Lipinski definition) is 7. The highest BCUT2D eigenvalue weighted by molar-refractivity contribution is 7.92. The molecule has 2 heterocycles. The number of aliphatic carboxylic acids is 1. The van der Waals surface area contributed by atoms with E-state index in [1.54, 1.807) is 0 Å². The molecule has 0 radical (unpaired) electrons. The number of carboxylic acid groups (broad SMARTS) is 1. The summed E-state index contributed by atoms with van der Waals surface area (Å²) in [6.45, 7) is 0.255. The molecule has 26 heavy (non-hydrogen) atoms. The molecule has 14 heteroatoms. The third kappa shape index (κ3) is 3.36. The van der Waals surface area contributed by atoms with E-state index in [1.165, 1.54) is 5.32 Å². The van der Waals surface area contributed by atoms with Crippen LogP contribution in [0.25, 0.3) is 0 Å². The molecular formula is C12H11F3N2O8S. The van der Waals surface area contributed by atoms with Crippen molar-refractivity contribution in [2.45, 2.75) is 24.5 Å². The lowest BCUT2D eigenvalue weighted by atomic mass is 10.0. The normalized spacial score (nSPS) is 24.5. The quantitative estimate of drug-likeness (QED) is 0.430. The summed E-state index contributed by atoms with van der Waals surface area (Å²) >= 11 is 0. The van der Waals surface area contributed by atoms with Crippen molar-refractivity contribution >= 4 is 33.6 Å². The molecule has 0 aromatic rings. The van der Waals surface area contributed by atoms with Gasteiger partial charge >= 0.3 is 24.0 Å². The molecule has 0 aliphatic carbocycles. The number of carbonyl (C=O) groups excluding carboxylic acids is 3. The monoisotopic (exact) mass is 400 g/mol. The highest BCUT2D eigenvalue weighted by atomic mass is 32.2. The number of β-lactam (4-membered cyclic amide) rings is 1. The van der Waals surface area contributed by atoms with E-state index in [2.05, 4.69) is 4.74 Å². The SMILES string of the molecule is CC(=O)OCC1=C(C(=O)O)N2C(=O)[C@@H](NC(=O)C(F)(F)F)[C@H]2S(=O)(=O)C1. The van der Waals surface area contributed by atoms with E-state index in [-0.39, 0.29) is 4.90 Å². The summed E-state index contributed by atoms with van der Waals surface area (Å²) in [5, 5.41) is 8.49. The van der Waals surface area contributed by atoms with Gasteiger partial charge in [-0.3, -0.25) is 19.3 Å². The zero-order chi connectivity index (χ0) is 20.0. The first-order valence-electron chi connectivity index (χ1n) is 6.78. The first-order chi connectivity index (χ1) is 11.8. The minimum atomic E-state index is -5.36. The van der Waals surface area contributed by atoms with Crippen LogP contribution >= 0.6 is 0 Å². The van der Waals surface area contributed by atoms with E-state index in [0.29, 0.717) is 0 Å². The van der Waals surface area contributed by atoms with E-state index in [9.17, 15) is 45.9 Å². The predicted octanol–water partition coefficient (Wildman–Crippen LogP) is -1.47. The average Bonchev–Trinajstić information content (AvgIpc) is 2.47. The second-order valence-electron chi connectivity index (χ2n) is 5.39. The number of halogens is 3. The zero-order valence-electron chi connectivity index (χ0n) is 12.9. The number of carboxylic acids is 1. The van der Waals surface area contributed by atoms with Gasteiger partial charge in [-0.15, -0.1) is 0 Å². The van der Waals surface area contributed by atoms with Crippen LogP contribution in [0.1, 0.15) is 6.92 Å². The molecule has 0 saturated carbocycles. The Kier molecular flexibility index (Phi) is 4.74. The minimum absolute atomic E-state index is 0.265. The third-order valence-electron chi connectivity index (χ3n) is 3.56. The van der Waals surface area contributed by atoms with Crippen molar-refractivity contribution in [1.82, 2.24) is 10.2 Å². The van der Waals surface area contributed by atoms with Gasteiger partial charge in [-0.1, -0.05) is 0 Å². The number of hydrogen-bond donors (Lipinski definition) is 2. The van der Waals surface area contributed by atoms with Crippen molar-refractivity contribution in [3.05, 3.63) is 11.3 Å². The van der Waals surface area contributed by atoms with Crippen molar-refractivity contribution in [3.8, 4) is 0 Å². The summed E-state index contributed by atoms with van der Waals surface area (Å²) in [4.78, 5) is 45.5. The first kappa shape index (κ1) is 19.7. The van der Waals surface area contributed by atoms with Gasteiger partial charge in [0.2, 0.25) is 0 Å². The molecule has 2 aliphatic rings. The van der Waals surface area contributed by atoms with Crippen molar-refractivity contribution in [2.75, 3.05) is 12.4 Å². The maximum atomic E-state index is 12.3. The van der Waals surface area contributed by atoms with E-state index in [4.69, 9.17) is 0 Å². The lowest BCUT2D eigenvalue weighted by Crippen LogP contribution is -2.75. The summed E-state index contributed by atoms with van der Waals surface area (Å²) in [5.74, 6) is -7.41. The van der Waals surface area contributed by atoms with Crippen LogP contribution in [-0.4, -0.2) is 72.1 Å². The van der Waals surface area contributed by atoms with Crippen molar-refractivity contribution in [1.29, 1.82) is 0 Å². The second-order valence-corrected chi connectivity index (χ2v) is 7.49. The number of amides is 2. The van der Waals surface area contributed by atoms with Gasteiger partial charge < -0.3 is 15.2 Å². The zero-order valence-corrected chi connectivity index (χ0v) is 13.7. The first-order valence-corrected chi connectivity index (χ1v) is 8.50. The van der Waals surface area contributed by atoms with Crippen molar-refractivity contribution < 1.29 is 50.6 Å². The maximum Gasteiger partial charge on any atom is 0.471 e. The van der Waals surface area contributed by atoms with Crippen LogP contribution in [0.5, 0.6) is 0 Å². The molecule has 2 atom stereocenters.